The van der Waals surface area contributed by atoms with E-state index in [2.05, 4.69) is 25.9 Å². The number of amides is 4. The molecule has 5 unspecified atom stereocenters. The second-order valence-electron chi connectivity index (χ2n) is 9.02. The number of carbonyl (C=O) groups is 5. The number of H-pyrrole nitrogens is 1. The van der Waals surface area contributed by atoms with Gasteiger partial charge in [0, 0.05) is 18.3 Å². The van der Waals surface area contributed by atoms with Gasteiger partial charge in [-0.3, -0.25) is 19.2 Å². The summed E-state index contributed by atoms with van der Waals surface area (Å²) in [6.07, 6.45) is 3.27. The van der Waals surface area contributed by atoms with Crippen LogP contribution >= 0.6 is 0 Å². The number of aliphatic carboxylic acids is 1. The summed E-state index contributed by atoms with van der Waals surface area (Å²) in [6, 6.07) is -4.59. The highest BCUT2D eigenvalue weighted by molar-refractivity contribution is 5.95. The standard InChI is InChI=1S/C22H37N7O6/c1-5-12(4)18(21(33)28-16(22(34)35)8-17(24)30)29-20(32)15(7-13-9-25-10-26-13)27-19(31)14(23)6-11(2)3/h9-12,14-16,18H,5-8,23H2,1-4H3,(H2,24,30)(H,25,26)(H,27,31)(H,28,33)(H,29,32)(H,34,35). The summed E-state index contributed by atoms with van der Waals surface area (Å²) >= 11 is 0. The van der Waals surface area contributed by atoms with Crippen LogP contribution in [-0.4, -0.2) is 68.8 Å². The Kier molecular flexibility index (Phi) is 11.9. The van der Waals surface area contributed by atoms with E-state index in [1.165, 1.54) is 12.5 Å². The number of nitrogens with zero attached hydrogens (tertiary/aromatic N) is 1. The molecule has 0 saturated carbocycles. The normalized spacial score (nSPS) is 15.4. The highest BCUT2D eigenvalue weighted by Crippen LogP contribution is 2.11. The van der Waals surface area contributed by atoms with Crippen molar-refractivity contribution in [2.75, 3.05) is 0 Å². The topological polar surface area (TPSA) is 222 Å². The van der Waals surface area contributed by atoms with Crippen LogP contribution in [0.4, 0.5) is 0 Å². The Hall–Kier alpha value is -3.48. The zero-order chi connectivity index (χ0) is 26.7. The zero-order valence-electron chi connectivity index (χ0n) is 20.5. The van der Waals surface area contributed by atoms with Gasteiger partial charge in [0.2, 0.25) is 23.6 Å². The van der Waals surface area contributed by atoms with E-state index in [1.807, 2.05) is 13.8 Å². The van der Waals surface area contributed by atoms with Gasteiger partial charge in [-0.2, -0.15) is 0 Å². The molecule has 5 atom stereocenters. The number of hydrogen-bond acceptors (Lipinski definition) is 7. The van der Waals surface area contributed by atoms with Gasteiger partial charge in [0.1, 0.15) is 18.1 Å². The highest BCUT2D eigenvalue weighted by Gasteiger charge is 2.33. The molecule has 1 aromatic rings. The first-order chi connectivity index (χ1) is 16.3. The molecule has 196 valence electrons. The lowest BCUT2D eigenvalue weighted by Crippen LogP contribution is -2.59. The number of hydrogen-bond donors (Lipinski definition) is 7. The third-order valence-electron chi connectivity index (χ3n) is 5.49. The molecule has 1 heterocycles. The molecule has 0 fully saturated rings. The van der Waals surface area contributed by atoms with Crippen molar-refractivity contribution < 1.29 is 29.1 Å². The Labute approximate surface area is 204 Å². The van der Waals surface area contributed by atoms with Crippen LogP contribution in [0.25, 0.3) is 0 Å². The Balaban J connectivity index is 3.08. The maximum atomic E-state index is 13.2. The molecule has 0 radical (unpaired) electrons. The average molecular weight is 496 g/mol. The predicted octanol–water partition coefficient (Wildman–Crippen LogP) is -1.21. The molecule has 4 amide bonds. The van der Waals surface area contributed by atoms with Crippen LogP contribution < -0.4 is 27.4 Å². The minimum Gasteiger partial charge on any atom is -0.480 e. The summed E-state index contributed by atoms with van der Waals surface area (Å²) in [6.45, 7) is 7.33. The molecule has 0 spiro atoms. The summed E-state index contributed by atoms with van der Waals surface area (Å²) in [5.41, 5.74) is 11.6. The quantitative estimate of drug-likeness (QED) is 0.156. The van der Waals surface area contributed by atoms with E-state index in [4.69, 9.17) is 11.5 Å². The SMILES string of the molecule is CCC(C)C(NC(=O)C(Cc1cnc[nH]1)NC(=O)C(N)CC(C)C)C(=O)NC(CC(N)=O)C(=O)O. The first-order valence-corrected chi connectivity index (χ1v) is 11.5. The Morgan fingerprint density at radius 3 is 2.14 bits per heavy atom. The van der Waals surface area contributed by atoms with Crippen LogP contribution in [-0.2, 0) is 30.4 Å². The van der Waals surface area contributed by atoms with Gasteiger partial charge in [-0.15, -0.1) is 0 Å². The largest absolute Gasteiger partial charge is 0.480 e. The van der Waals surface area contributed by atoms with Crippen LogP contribution in [0, 0.1) is 11.8 Å². The monoisotopic (exact) mass is 495 g/mol. The molecular weight excluding hydrogens is 458 g/mol. The van der Waals surface area contributed by atoms with Crippen LogP contribution in [0.2, 0.25) is 0 Å². The van der Waals surface area contributed by atoms with E-state index in [-0.39, 0.29) is 12.3 Å². The third-order valence-corrected chi connectivity index (χ3v) is 5.49. The van der Waals surface area contributed by atoms with E-state index in [0.29, 0.717) is 18.5 Å². The van der Waals surface area contributed by atoms with Gasteiger partial charge in [0.05, 0.1) is 18.8 Å². The first kappa shape index (κ1) is 29.6. The van der Waals surface area contributed by atoms with E-state index < -0.39 is 66.1 Å². The van der Waals surface area contributed by atoms with E-state index in [1.54, 1.807) is 13.8 Å². The number of carboxylic acids is 1. The minimum atomic E-state index is -1.54. The van der Waals surface area contributed by atoms with Crippen LogP contribution in [0.5, 0.6) is 0 Å². The maximum absolute atomic E-state index is 13.2. The Bertz CT molecular complexity index is 874. The summed E-state index contributed by atoms with van der Waals surface area (Å²) < 4.78 is 0. The lowest BCUT2D eigenvalue weighted by atomic mass is 9.96. The van der Waals surface area contributed by atoms with Crippen molar-refractivity contribution in [3.05, 3.63) is 18.2 Å². The van der Waals surface area contributed by atoms with Crippen molar-refractivity contribution in [1.29, 1.82) is 0 Å². The Morgan fingerprint density at radius 2 is 1.66 bits per heavy atom. The van der Waals surface area contributed by atoms with Crippen molar-refractivity contribution in [3.63, 3.8) is 0 Å². The first-order valence-electron chi connectivity index (χ1n) is 11.5. The molecule has 0 aromatic carbocycles. The number of nitrogens with two attached hydrogens (primary N) is 2. The smallest absolute Gasteiger partial charge is 0.326 e. The molecule has 13 heteroatoms. The molecule has 0 aliphatic carbocycles. The lowest BCUT2D eigenvalue weighted by Gasteiger charge is -2.28. The predicted molar refractivity (Wildman–Crippen MR) is 126 cm³/mol. The fraction of sp³-hybridized carbons (Fsp3) is 0.636. The fourth-order valence-corrected chi connectivity index (χ4v) is 3.34. The van der Waals surface area contributed by atoms with Gasteiger partial charge in [0.15, 0.2) is 0 Å². The molecule has 0 saturated heterocycles. The summed E-state index contributed by atoms with van der Waals surface area (Å²) in [5, 5.41) is 16.8. The Morgan fingerprint density at radius 1 is 1.03 bits per heavy atom. The number of aromatic amines is 1. The number of rotatable bonds is 15. The van der Waals surface area contributed by atoms with Crippen molar-refractivity contribution in [1.82, 2.24) is 25.9 Å². The van der Waals surface area contributed by atoms with Gasteiger partial charge in [-0.05, 0) is 18.3 Å². The van der Waals surface area contributed by atoms with Crippen molar-refractivity contribution in [2.45, 2.75) is 77.5 Å². The molecular formula is C22H37N7O6. The van der Waals surface area contributed by atoms with Gasteiger partial charge in [-0.1, -0.05) is 34.1 Å². The van der Waals surface area contributed by atoms with Crippen molar-refractivity contribution in [2.24, 2.45) is 23.3 Å². The zero-order valence-corrected chi connectivity index (χ0v) is 20.5. The second kappa shape index (κ2) is 14.0. The lowest BCUT2D eigenvalue weighted by molar-refractivity contribution is -0.144. The number of aromatic nitrogens is 2. The molecule has 0 aliphatic rings. The molecule has 9 N–H and O–H groups in total. The van der Waals surface area contributed by atoms with Crippen molar-refractivity contribution >= 4 is 29.6 Å². The van der Waals surface area contributed by atoms with Gasteiger partial charge in [0.25, 0.3) is 0 Å². The van der Waals surface area contributed by atoms with E-state index >= 15 is 0 Å². The fourth-order valence-electron chi connectivity index (χ4n) is 3.34. The summed E-state index contributed by atoms with van der Waals surface area (Å²) in [4.78, 5) is 68.1. The number of imidazole rings is 1. The second-order valence-corrected chi connectivity index (χ2v) is 9.02. The van der Waals surface area contributed by atoms with Crippen LogP contribution in [0.15, 0.2) is 12.5 Å². The van der Waals surface area contributed by atoms with Crippen molar-refractivity contribution in [3.8, 4) is 0 Å². The van der Waals surface area contributed by atoms with Gasteiger partial charge >= 0.3 is 5.97 Å². The summed E-state index contributed by atoms with van der Waals surface area (Å²) in [5.74, 6) is -4.53. The summed E-state index contributed by atoms with van der Waals surface area (Å²) in [7, 11) is 0. The average Bonchev–Trinajstić information content (AvgIpc) is 3.27. The van der Waals surface area contributed by atoms with Gasteiger partial charge < -0.3 is 37.5 Å². The third kappa shape index (κ3) is 10.1. The molecule has 35 heavy (non-hydrogen) atoms. The molecule has 13 nitrogen and oxygen atoms in total. The number of primary amides is 1. The highest BCUT2D eigenvalue weighted by atomic mass is 16.4. The molecule has 0 aliphatic heterocycles. The maximum Gasteiger partial charge on any atom is 0.326 e. The number of nitrogens with one attached hydrogen (secondary N) is 4. The molecule has 1 aromatic heterocycles. The van der Waals surface area contributed by atoms with Gasteiger partial charge in [-0.25, -0.2) is 9.78 Å². The number of carboxylic acid groups (broad SMARTS) is 1. The molecule has 0 bridgehead atoms. The van der Waals surface area contributed by atoms with E-state index in [0.717, 1.165) is 0 Å². The minimum absolute atomic E-state index is 0.0558. The van der Waals surface area contributed by atoms with Crippen LogP contribution in [0.1, 0.15) is 52.7 Å². The molecule has 1 rings (SSSR count). The van der Waals surface area contributed by atoms with E-state index in [9.17, 15) is 29.1 Å². The van der Waals surface area contributed by atoms with Crippen LogP contribution in [0.3, 0.4) is 0 Å². The number of carbonyl (C=O) groups excluding carboxylic acids is 4.